The monoisotopic (exact) mass is 333 g/mol. The highest BCUT2D eigenvalue weighted by molar-refractivity contribution is 7.89. The molecule has 1 saturated heterocycles. The number of aromatic nitrogens is 1. The summed E-state index contributed by atoms with van der Waals surface area (Å²) in [6.07, 6.45) is 3.65. The number of aryl methyl sites for hydroxylation is 1. The second-order valence-corrected chi connectivity index (χ2v) is 8.40. The van der Waals surface area contributed by atoms with Crippen LogP contribution >= 0.6 is 0 Å². The van der Waals surface area contributed by atoms with Crippen molar-refractivity contribution < 1.29 is 8.42 Å². The number of sulfonamides is 1. The van der Waals surface area contributed by atoms with Gasteiger partial charge in [0.25, 0.3) is 0 Å². The molecular weight excluding hydrogens is 310 g/mol. The van der Waals surface area contributed by atoms with Crippen LogP contribution in [0, 0.1) is 12.3 Å². The van der Waals surface area contributed by atoms with E-state index < -0.39 is 10.0 Å². The van der Waals surface area contributed by atoms with Gasteiger partial charge in [-0.25, -0.2) is 13.1 Å². The van der Waals surface area contributed by atoms with E-state index in [1.165, 1.54) is 0 Å². The Hall–Kier alpha value is -1.50. The number of rotatable bonds is 4. The molecule has 0 aliphatic carbocycles. The summed E-state index contributed by atoms with van der Waals surface area (Å²) in [5.41, 5.74) is 1.73. The van der Waals surface area contributed by atoms with Gasteiger partial charge in [-0.15, -0.1) is 0 Å². The third-order valence-electron chi connectivity index (χ3n) is 4.72. The molecular formula is C17H23N3O2S. The summed E-state index contributed by atoms with van der Waals surface area (Å²) in [6.45, 7) is 6.43. The number of fused-ring (bicyclic) bond motifs is 1. The summed E-state index contributed by atoms with van der Waals surface area (Å²) < 4.78 is 28.4. The van der Waals surface area contributed by atoms with Crippen molar-refractivity contribution in [3.8, 4) is 0 Å². The first-order valence-corrected chi connectivity index (χ1v) is 9.44. The fourth-order valence-electron chi connectivity index (χ4n) is 3.08. The van der Waals surface area contributed by atoms with E-state index in [0.29, 0.717) is 16.8 Å². The van der Waals surface area contributed by atoms with Gasteiger partial charge in [0, 0.05) is 18.1 Å². The summed E-state index contributed by atoms with van der Waals surface area (Å²) in [6, 6.07) is 7.08. The molecule has 1 aromatic heterocycles. The van der Waals surface area contributed by atoms with Crippen LogP contribution < -0.4 is 10.0 Å². The molecule has 0 saturated carbocycles. The first-order chi connectivity index (χ1) is 10.9. The molecule has 2 heterocycles. The maximum atomic E-state index is 12.8. The summed E-state index contributed by atoms with van der Waals surface area (Å²) in [5.74, 6) is 0. The van der Waals surface area contributed by atoms with E-state index in [2.05, 4.69) is 21.9 Å². The van der Waals surface area contributed by atoms with Crippen LogP contribution in [0.1, 0.15) is 25.3 Å². The Labute approximate surface area is 137 Å². The zero-order valence-corrected chi connectivity index (χ0v) is 14.4. The highest BCUT2D eigenvalue weighted by Crippen LogP contribution is 2.28. The van der Waals surface area contributed by atoms with Crippen LogP contribution in [-0.2, 0) is 10.0 Å². The fraction of sp³-hybridized carbons (Fsp3) is 0.471. The van der Waals surface area contributed by atoms with Crippen molar-refractivity contribution in [2.45, 2.75) is 31.6 Å². The Kier molecular flexibility index (Phi) is 4.40. The molecule has 6 heteroatoms. The first-order valence-electron chi connectivity index (χ1n) is 7.96. The molecule has 0 amide bonds. The van der Waals surface area contributed by atoms with Gasteiger partial charge < -0.3 is 5.32 Å². The lowest BCUT2D eigenvalue weighted by atomic mass is 9.81. The molecule has 0 spiro atoms. The van der Waals surface area contributed by atoms with Crippen molar-refractivity contribution in [1.82, 2.24) is 15.0 Å². The molecule has 23 heavy (non-hydrogen) atoms. The lowest BCUT2D eigenvalue weighted by Gasteiger charge is -2.34. The Balaban J connectivity index is 1.90. The van der Waals surface area contributed by atoms with Gasteiger partial charge >= 0.3 is 0 Å². The highest BCUT2D eigenvalue weighted by Gasteiger charge is 2.29. The van der Waals surface area contributed by atoms with Crippen molar-refractivity contribution in [1.29, 1.82) is 0 Å². The molecule has 2 N–H and O–H groups in total. The van der Waals surface area contributed by atoms with E-state index in [4.69, 9.17) is 0 Å². The van der Waals surface area contributed by atoms with Crippen molar-refractivity contribution in [2.24, 2.45) is 5.41 Å². The molecule has 0 unspecified atom stereocenters. The zero-order chi connectivity index (χ0) is 16.5. The molecule has 124 valence electrons. The molecule has 1 aliphatic heterocycles. The third-order valence-corrected chi connectivity index (χ3v) is 6.18. The summed E-state index contributed by atoms with van der Waals surface area (Å²) in [4.78, 5) is 4.63. The van der Waals surface area contributed by atoms with Gasteiger partial charge in [-0.05, 0) is 62.0 Å². The van der Waals surface area contributed by atoms with Crippen molar-refractivity contribution in [3.63, 3.8) is 0 Å². The van der Waals surface area contributed by atoms with Gasteiger partial charge in [0.15, 0.2) is 0 Å². The average molecular weight is 333 g/mol. The number of nitrogens with zero attached hydrogens (tertiary/aromatic N) is 1. The van der Waals surface area contributed by atoms with Crippen LogP contribution in [0.3, 0.4) is 0 Å². The molecule has 0 bridgehead atoms. The van der Waals surface area contributed by atoms with Crippen molar-refractivity contribution >= 4 is 20.9 Å². The fourth-order valence-corrected chi connectivity index (χ4v) is 4.47. The van der Waals surface area contributed by atoms with Gasteiger partial charge in [0.05, 0.1) is 10.4 Å². The minimum atomic E-state index is -3.55. The van der Waals surface area contributed by atoms with E-state index in [1.807, 2.05) is 19.1 Å². The van der Waals surface area contributed by atoms with E-state index in [9.17, 15) is 8.42 Å². The van der Waals surface area contributed by atoms with Gasteiger partial charge in [-0.1, -0.05) is 13.0 Å². The van der Waals surface area contributed by atoms with Crippen molar-refractivity contribution in [3.05, 3.63) is 36.0 Å². The number of piperidine rings is 1. The molecule has 1 aromatic carbocycles. The maximum Gasteiger partial charge on any atom is 0.241 e. The minimum absolute atomic E-state index is 0.0110. The van der Waals surface area contributed by atoms with Crippen LogP contribution in [0.25, 0.3) is 10.9 Å². The molecule has 5 nitrogen and oxygen atoms in total. The predicted octanol–water partition coefficient (Wildman–Crippen LogP) is 2.21. The number of hydrogen-bond donors (Lipinski definition) is 2. The smallest absolute Gasteiger partial charge is 0.241 e. The standard InChI is InChI=1S/C17H23N3O2S/c1-13-5-6-15(14-4-3-9-19-16(13)14)23(21,22)20-12-17(2)7-10-18-11-8-17/h3-6,9,18,20H,7-8,10-12H2,1-2H3. The average Bonchev–Trinajstić information content (AvgIpc) is 2.54. The van der Waals surface area contributed by atoms with Gasteiger partial charge in [0.2, 0.25) is 10.0 Å². The number of hydrogen-bond acceptors (Lipinski definition) is 4. The normalized spacial score (nSPS) is 18.2. The largest absolute Gasteiger partial charge is 0.317 e. The summed E-state index contributed by atoms with van der Waals surface area (Å²) in [7, 11) is -3.55. The molecule has 1 aliphatic rings. The van der Waals surface area contributed by atoms with Gasteiger partial charge in [0.1, 0.15) is 0 Å². The third kappa shape index (κ3) is 3.39. The van der Waals surface area contributed by atoms with Crippen LogP contribution in [0.15, 0.2) is 35.4 Å². The number of nitrogens with one attached hydrogen (secondary N) is 2. The Morgan fingerprint density at radius 1 is 1.26 bits per heavy atom. The Morgan fingerprint density at radius 3 is 2.74 bits per heavy atom. The molecule has 3 rings (SSSR count). The highest BCUT2D eigenvalue weighted by atomic mass is 32.2. The Morgan fingerprint density at radius 2 is 2.00 bits per heavy atom. The van der Waals surface area contributed by atoms with E-state index in [1.54, 1.807) is 18.3 Å². The van der Waals surface area contributed by atoms with Crippen LogP contribution in [0.5, 0.6) is 0 Å². The minimum Gasteiger partial charge on any atom is -0.317 e. The van der Waals surface area contributed by atoms with Gasteiger partial charge in [-0.2, -0.15) is 0 Å². The second-order valence-electron chi connectivity index (χ2n) is 6.67. The first kappa shape index (κ1) is 16.4. The number of pyridine rings is 1. The molecule has 0 radical (unpaired) electrons. The van der Waals surface area contributed by atoms with Crippen LogP contribution in [0.2, 0.25) is 0 Å². The zero-order valence-electron chi connectivity index (χ0n) is 13.6. The van der Waals surface area contributed by atoms with E-state index in [0.717, 1.165) is 37.0 Å². The topological polar surface area (TPSA) is 71.1 Å². The van der Waals surface area contributed by atoms with Gasteiger partial charge in [-0.3, -0.25) is 4.98 Å². The number of benzene rings is 1. The van der Waals surface area contributed by atoms with E-state index >= 15 is 0 Å². The van der Waals surface area contributed by atoms with Crippen LogP contribution in [-0.4, -0.2) is 33.0 Å². The van der Waals surface area contributed by atoms with Crippen LogP contribution in [0.4, 0.5) is 0 Å². The van der Waals surface area contributed by atoms with Crippen molar-refractivity contribution in [2.75, 3.05) is 19.6 Å². The predicted molar refractivity (Wildman–Crippen MR) is 91.9 cm³/mol. The quantitative estimate of drug-likeness (QED) is 0.900. The molecule has 1 fully saturated rings. The summed E-state index contributed by atoms with van der Waals surface area (Å²) in [5, 5.41) is 3.99. The SMILES string of the molecule is Cc1ccc(S(=O)(=O)NCC2(C)CCNCC2)c2cccnc12. The Bertz CT molecular complexity index is 812. The molecule has 2 aromatic rings. The lowest BCUT2D eigenvalue weighted by molar-refractivity contribution is 0.232. The maximum absolute atomic E-state index is 12.8. The summed E-state index contributed by atoms with van der Waals surface area (Å²) >= 11 is 0. The lowest BCUT2D eigenvalue weighted by Crippen LogP contribution is -2.42. The second kappa shape index (κ2) is 6.19. The van der Waals surface area contributed by atoms with E-state index in [-0.39, 0.29) is 5.41 Å². The molecule has 0 atom stereocenters.